The molecule has 0 atom stereocenters. The number of nitrogen functional groups attached to an aromatic ring is 1. The number of hydrogen-bond acceptors (Lipinski definition) is 4. The van der Waals surface area contributed by atoms with E-state index in [-0.39, 0.29) is 11.6 Å². The first-order valence-corrected chi connectivity index (χ1v) is 7.32. The summed E-state index contributed by atoms with van der Waals surface area (Å²) in [4.78, 5) is 0. The van der Waals surface area contributed by atoms with Crippen molar-refractivity contribution in [2.24, 2.45) is 0 Å². The molecule has 1 heterocycles. The third kappa shape index (κ3) is 2.94. The number of benzene rings is 1. The predicted molar refractivity (Wildman–Crippen MR) is 72.7 cm³/mol. The summed E-state index contributed by atoms with van der Waals surface area (Å²) in [7, 11) is -3.54. The van der Waals surface area contributed by atoms with Crippen LogP contribution in [0.1, 0.15) is 12.5 Å². The number of nitrogens with zero attached hydrogens (tertiary/aromatic N) is 2. The van der Waals surface area contributed by atoms with Gasteiger partial charge >= 0.3 is 0 Å². The SMILES string of the molecule is CCN(Cc1cccc(N)c1)S(=O)(=O)c1ccn[nH]1. The molecule has 6 nitrogen and oxygen atoms in total. The second kappa shape index (κ2) is 5.41. The molecule has 0 fully saturated rings. The van der Waals surface area contributed by atoms with Crippen molar-refractivity contribution < 1.29 is 8.42 Å². The predicted octanol–water partition coefficient (Wildman–Crippen LogP) is 1.20. The van der Waals surface area contributed by atoms with Crippen LogP contribution >= 0.6 is 0 Å². The maximum Gasteiger partial charge on any atom is 0.260 e. The summed E-state index contributed by atoms with van der Waals surface area (Å²) in [5.74, 6) is 0. The summed E-state index contributed by atoms with van der Waals surface area (Å²) in [5, 5.41) is 6.26. The zero-order valence-corrected chi connectivity index (χ0v) is 11.4. The van der Waals surface area contributed by atoms with Crippen molar-refractivity contribution in [2.75, 3.05) is 12.3 Å². The van der Waals surface area contributed by atoms with E-state index in [9.17, 15) is 8.42 Å². The number of nitrogens with one attached hydrogen (secondary N) is 1. The van der Waals surface area contributed by atoms with Crippen LogP contribution < -0.4 is 5.73 Å². The normalized spacial score (nSPS) is 11.9. The third-order valence-corrected chi connectivity index (χ3v) is 4.61. The quantitative estimate of drug-likeness (QED) is 0.805. The minimum absolute atomic E-state index is 0.0956. The van der Waals surface area contributed by atoms with Crippen molar-refractivity contribution in [2.45, 2.75) is 18.5 Å². The van der Waals surface area contributed by atoms with Gasteiger partial charge in [0.2, 0.25) is 0 Å². The van der Waals surface area contributed by atoms with Crippen molar-refractivity contribution in [3.8, 4) is 0 Å². The molecular weight excluding hydrogens is 264 g/mol. The zero-order chi connectivity index (χ0) is 13.9. The van der Waals surface area contributed by atoms with Gasteiger partial charge in [0, 0.05) is 18.8 Å². The largest absolute Gasteiger partial charge is 0.399 e. The average molecular weight is 280 g/mol. The summed E-state index contributed by atoms with van der Waals surface area (Å²) < 4.78 is 26.0. The smallest absolute Gasteiger partial charge is 0.260 e. The second-order valence-electron chi connectivity index (χ2n) is 4.10. The van der Waals surface area contributed by atoms with Crippen LogP contribution in [-0.2, 0) is 16.6 Å². The topological polar surface area (TPSA) is 92.1 Å². The minimum atomic E-state index is -3.54. The number of anilines is 1. The third-order valence-electron chi connectivity index (χ3n) is 2.76. The van der Waals surface area contributed by atoms with Gasteiger partial charge in [-0.15, -0.1) is 0 Å². The van der Waals surface area contributed by atoms with Crippen LogP contribution in [0.5, 0.6) is 0 Å². The Balaban J connectivity index is 2.26. The van der Waals surface area contributed by atoms with Gasteiger partial charge in [-0.1, -0.05) is 19.1 Å². The monoisotopic (exact) mass is 280 g/mol. The lowest BCUT2D eigenvalue weighted by molar-refractivity contribution is 0.421. The fourth-order valence-corrected chi connectivity index (χ4v) is 3.13. The average Bonchev–Trinajstić information content (AvgIpc) is 2.90. The summed E-state index contributed by atoms with van der Waals surface area (Å²) in [5.41, 5.74) is 7.17. The van der Waals surface area contributed by atoms with E-state index in [0.29, 0.717) is 12.2 Å². The number of nitrogens with two attached hydrogens (primary N) is 1. The lowest BCUT2D eigenvalue weighted by Gasteiger charge is -2.19. The van der Waals surface area contributed by atoms with Crippen molar-refractivity contribution in [3.05, 3.63) is 42.1 Å². The molecule has 0 saturated carbocycles. The Morgan fingerprint density at radius 3 is 2.74 bits per heavy atom. The van der Waals surface area contributed by atoms with Gasteiger partial charge in [-0.25, -0.2) is 8.42 Å². The van der Waals surface area contributed by atoms with Crippen LogP contribution in [-0.4, -0.2) is 29.5 Å². The molecule has 7 heteroatoms. The Hall–Kier alpha value is -1.86. The number of rotatable bonds is 5. The summed E-state index contributed by atoms with van der Waals surface area (Å²) in [6.45, 7) is 2.44. The first kappa shape index (κ1) is 13.6. The number of sulfonamides is 1. The molecule has 19 heavy (non-hydrogen) atoms. The van der Waals surface area contributed by atoms with Gasteiger partial charge < -0.3 is 5.73 Å². The van der Waals surface area contributed by atoms with E-state index in [4.69, 9.17) is 5.73 Å². The molecule has 1 aromatic carbocycles. The van der Waals surface area contributed by atoms with Gasteiger partial charge in [0.05, 0.1) is 6.20 Å². The van der Waals surface area contributed by atoms with E-state index < -0.39 is 10.0 Å². The van der Waals surface area contributed by atoms with Crippen molar-refractivity contribution in [1.82, 2.24) is 14.5 Å². The Labute approximate surface area is 112 Å². The van der Waals surface area contributed by atoms with Crippen LogP contribution in [0.25, 0.3) is 0 Å². The first-order chi connectivity index (χ1) is 9.04. The Kier molecular flexibility index (Phi) is 3.87. The molecule has 0 radical (unpaired) electrons. The molecule has 0 aliphatic carbocycles. The van der Waals surface area contributed by atoms with E-state index in [0.717, 1.165) is 5.56 Å². The fraction of sp³-hybridized carbons (Fsp3) is 0.250. The van der Waals surface area contributed by atoms with Crippen LogP contribution in [0.3, 0.4) is 0 Å². The molecule has 2 rings (SSSR count). The molecule has 0 saturated heterocycles. The highest BCUT2D eigenvalue weighted by Gasteiger charge is 2.24. The minimum Gasteiger partial charge on any atom is -0.399 e. The number of aromatic amines is 1. The Bertz CT molecular complexity index is 638. The molecule has 0 spiro atoms. The molecule has 2 aromatic rings. The van der Waals surface area contributed by atoms with Gasteiger partial charge in [-0.05, 0) is 23.8 Å². The van der Waals surface area contributed by atoms with Gasteiger partial charge in [0.25, 0.3) is 10.0 Å². The molecule has 0 aliphatic rings. The second-order valence-corrected chi connectivity index (χ2v) is 6.00. The molecule has 0 amide bonds. The van der Waals surface area contributed by atoms with E-state index in [1.165, 1.54) is 16.6 Å². The molecule has 3 N–H and O–H groups in total. The maximum absolute atomic E-state index is 12.3. The Morgan fingerprint density at radius 2 is 2.16 bits per heavy atom. The Morgan fingerprint density at radius 1 is 1.37 bits per heavy atom. The lowest BCUT2D eigenvalue weighted by atomic mass is 10.2. The van der Waals surface area contributed by atoms with Crippen molar-refractivity contribution >= 4 is 15.7 Å². The zero-order valence-electron chi connectivity index (χ0n) is 10.6. The highest BCUT2D eigenvalue weighted by molar-refractivity contribution is 7.89. The highest BCUT2D eigenvalue weighted by Crippen LogP contribution is 2.17. The van der Waals surface area contributed by atoms with E-state index in [2.05, 4.69) is 10.2 Å². The molecule has 1 aromatic heterocycles. The summed E-state index contributed by atoms with van der Waals surface area (Å²) in [6, 6.07) is 8.63. The molecule has 102 valence electrons. The van der Waals surface area contributed by atoms with Gasteiger partial charge in [0.15, 0.2) is 5.03 Å². The van der Waals surface area contributed by atoms with Crippen molar-refractivity contribution in [3.63, 3.8) is 0 Å². The number of hydrogen-bond donors (Lipinski definition) is 2. The van der Waals surface area contributed by atoms with Crippen LogP contribution in [0, 0.1) is 0 Å². The molecule has 0 bridgehead atoms. The van der Waals surface area contributed by atoms with E-state index in [1.807, 2.05) is 6.07 Å². The summed E-state index contributed by atoms with van der Waals surface area (Å²) in [6.07, 6.45) is 1.42. The lowest BCUT2D eigenvalue weighted by Crippen LogP contribution is -2.30. The van der Waals surface area contributed by atoms with Crippen LogP contribution in [0.15, 0.2) is 41.6 Å². The van der Waals surface area contributed by atoms with E-state index in [1.54, 1.807) is 25.1 Å². The number of aromatic nitrogens is 2. The maximum atomic E-state index is 12.3. The molecular formula is C12H16N4O2S. The van der Waals surface area contributed by atoms with Crippen LogP contribution in [0.4, 0.5) is 5.69 Å². The van der Waals surface area contributed by atoms with Crippen molar-refractivity contribution in [1.29, 1.82) is 0 Å². The molecule has 0 aliphatic heterocycles. The van der Waals surface area contributed by atoms with Gasteiger partial charge in [-0.2, -0.15) is 9.40 Å². The first-order valence-electron chi connectivity index (χ1n) is 5.88. The van der Waals surface area contributed by atoms with Gasteiger partial charge in [0.1, 0.15) is 0 Å². The standard InChI is InChI=1S/C12H16N4O2S/c1-2-16(9-10-4-3-5-11(13)8-10)19(17,18)12-6-7-14-15-12/h3-8H,2,9,13H2,1H3,(H,14,15). The number of H-pyrrole nitrogens is 1. The van der Waals surface area contributed by atoms with Gasteiger partial charge in [-0.3, -0.25) is 5.10 Å². The van der Waals surface area contributed by atoms with E-state index >= 15 is 0 Å². The van der Waals surface area contributed by atoms with Crippen LogP contribution in [0.2, 0.25) is 0 Å². The molecule has 0 unspecified atom stereocenters. The highest BCUT2D eigenvalue weighted by atomic mass is 32.2. The summed E-state index contributed by atoms with van der Waals surface area (Å²) >= 11 is 0. The fourth-order valence-electron chi connectivity index (χ4n) is 1.79.